The number of amides is 1. The fraction of sp³-hybridized carbons (Fsp3) is 0.353. The molecule has 0 bridgehead atoms. The quantitative estimate of drug-likeness (QED) is 0.883. The van der Waals surface area contributed by atoms with Crippen molar-refractivity contribution in [3.8, 4) is 0 Å². The van der Waals surface area contributed by atoms with Gasteiger partial charge in [-0.2, -0.15) is 0 Å². The molecule has 1 N–H and O–H groups in total. The second-order valence-corrected chi connectivity index (χ2v) is 6.83. The first kappa shape index (κ1) is 17.0. The smallest absolute Gasteiger partial charge is 0.258 e. The topological polar surface area (TPSA) is 58.1 Å². The molecule has 1 unspecified atom stereocenters. The molecule has 2 aromatic rings. The summed E-state index contributed by atoms with van der Waals surface area (Å²) in [7, 11) is 0. The lowest BCUT2D eigenvalue weighted by molar-refractivity contribution is 0.102. The van der Waals surface area contributed by atoms with E-state index in [1.165, 1.54) is 18.8 Å². The molecule has 2 heterocycles. The van der Waals surface area contributed by atoms with Gasteiger partial charge in [0.05, 0.1) is 21.3 Å². The summed E-state index contributed by atoms with van der Waals surface area (Å²) in [5, 5.41) is 3.47. The number of anilines is 2. The Hall–Kier alpha value is -1.85. The van der Waals surface area contributed by atoms with Crippen molar-refractivity contribution in [1.82, 2.24) is 9.97 Å². The van der Waals surface area contributed by atoms with Crippen molar-refractivity contribution >= 4 is 40.7 Å². The van der Waals surface area contributed by atoms with Crippen LogP contribution in [0.25, 0.3) is 0 Å². The zero-order valence-corrected chi connectivity index (χ0v) is 14.8. The third-order valence-corrected chi connectivity index (χ3v) is 4.67. The van der Waals surface area contributed by atoms with Crippen LogP contribution in [0.5, 0.6) is 0 Å². The van der Waals surface area contributed by atoms with Gasteiger partial charge >= 0.3 is 0 Å². The molecular formula is C17H18Cl2N4O. The van der Waals surface area contributed by atoms with Gasteiger partial charge < -0.3 is 10.2 Å². The Kier molecular flexibility index (Phi) is 5.21. The Bertz CT molecular complexity index is 716. The number of aromatic nitrogens is 2. The third kappa shape index (κ3) is 3.79. The summed E-state index contributed by atoms with van der Waals surface area (Å²) in [6, 6.07) is 5.05. The Labute approximate surface area is 151 Å². The molecule has 1 saturated heterocycles. The minimum absolute atomic E-state index is 0.344. The van der Waals surface area contributed by atoms with Gasteiger partial charge in [0.25, 0.3) is 5.91 Å². The summed E-state index contributed by atoms with van der Waals surface area (Å²) in [6.45, 7) is 4.12. The second-order valence-electron chi connectivity index (χ2n) is 6.02. The van der Waals surface area contributed by atoms with E-state index in [0.717, 1.165) is 19.5 Å². The zero-order valence-electron chi connectivity index (χ0n) is 13.3. The van der Waals surface area contributed by atoms with E-state index < -0.39 is 0 Å². The highest BCUT2D eigenvalue weighted by Gasteiger charge is 2.19. The number of hydrogen-bond donors (Lipinski definition) is 1. The van der Waals surface area contributed by atoms with E-state index >= 15 is 0 Å². The number of nitrogens with one attached hydrogen (secondary N) is 1. The molecule has 0 aliphatic carbocycles. The first-order chi connectivity index (χ1) is 11.5. The van der Waals surface area contributed by atoms with Gasteiger partial charge in [0, 0.05) is 25.5 Å². The predicted octanol–water partition coefficient (Wildman–Crippen LogP) is 4.27. The van der Waals surface area contributed by atoms with Gasteiger partial charge in [-0.15, -0.1) is 0 Å². The molecule has 1 atom stereocenters. The Balaban J connectivity index is 1.72. The molecule has 0 saturated carbocycles. The molecule has 126 valence electrons. The molecule has 1 aromatic carbocycles. The van der Waals surface area contributed by atoms with Crippen LogP contribution < -0.4 is 10.2 Å². The summed E-state index contributed by atoms with van der Waals surface area (Å²) in [6.07, 6.45) is 5.43. The largest absolute Gasteiger partial charge is 0.341 e. The lowest BCUT2D eigenvalue weighted by Crippen LogP contribution is -2.35. The van der Waals surface area contributed by atoms with Gasteiger partial charge in [-0.25, -0.2) is 9.97 Å². The number of carbonyl (C=O) groups is 1. The molecule has 1 aliphatic heterocycles. The number of piperidine rings is 1. The number of nitrogens with zero attached hydrogens (tertiary/aromatic N) is 3. The van der Waals surface area contributed by atoms with Gasteiger partial charge in [0.1, 0.15) is 0 Å². The molecule has 1 amide bonds. The summed E-state index contributed by atoms with van der Waals surface area (Å²) in [4.78, 5) is 23.2. The van der Waals surface area contributed by atoms with Crippen LogP contribution in [0.15, 0.2) is 30.6 Å². The second kappa shape index (κ2) is 7.36. The molecular weight excluding hydrogens is 347 g/mol. The molecule has 0 radical (unpaired) electrons. The molecule has 1 aromatic heterocycles. The fourth-order valence-electron chi connectivity index (χ4n) is 2.78. The molecule has 1 fully saturated rings. The Morgan fingerprint density at radius 1 is 1.25 bits per heavy atom. The SMILES string of the molecule is CC1CCCN(c2ncc(C(=O)Nc3c(Cl)cccc3Cl)cn2)C1. The molecule has 24 heavy (non-hydrogen) atoms. The van der Waals surface area contributed by atoms with Crippen LogP contribution in [-0.2, 0) is 0 Å². The van der Waals surface area contributed by atoms with Crippen molar-refractivity contribution in [3.63, 3.8) is 0 Å². The normalized spacial score (nSPS) is 17.6. The van der Waals surface area contributed by atoms with E-state index in [-0.39, 0.29) is 5.91 Å². The van der Waals surface area contributed by atoms with Crippen LogP contribution in [0.1, 0.15) is 30.1 Å². The molecule has 1 aliphatic rings. The van der Waals surface area contributed by atoms with Gasteiger partial charge in [0.15, 0.2) is 0 Å². The van der Waals surface area contributed by atoms with Crippen molar-refractivity contribution in [3.05, 3.63) is 46.2 Å². The van der Waals surface area contributed by atoms with E-state index in [1.807, 2.05) is 0 Å². The fourth-order valence-corrected chi connectivity index (χ4v) is 3.27. The molecule has 3 rings (SSSR count). The van der Waals surface area contributed by atoms with E-state index in [2.05, 4.69) is 27.1 Å². The number of carbonyl (C=O) groups excluding carboxylic acids is 1. The average Bonchev–Trinajstić information content (AvgIpc) is 2.58. The average molecular weight is 365 g/mol. The van der Waals surface area contributed by atoms with Crippen molar-refractivity contribution in [2.24, 2.45) is 5.92 Å². The number of rotatable bonds is 3. The van der Waals surface area contributed by atoms with Gasteiger partial charge in [0.2, 0.25) is 5.95 Å². The van der Waals surface area contributed by atoms with Crippen LogP contribution in [-0.4, -0.2) is 29.0 Å². The monoisotopic (exact) mass is 364 g/mol. The number of hydrogen-bond acceptors (Lipinski definition) is 4. The van der Waals surface area contributed by atoms with Crippen LogP contribution in [0.4, 0.5) is 11.6 Å². The number of halogens is 2. The van der Waals surface area contributed by atoms with Crippen molar-refractivity contribution in [2.75, 3.05) is 23.3 Å². The maximum Gasteiger partial charge on any atom is 0.258 e. The van der Waals surface area contributed by atoms with Crippen LogP contribution >= 0.6 is 23.2 Å². The molecule has 7 heteroatoms. The lowest BCUT2D eigenvalue weighted by atomic mass is 10.0. The first-order valence-electron chi connectivity index (χ1n) is 7.87. The maximum absolute atomic E-state index is 12.3. The summed E-state index contributed by atoms with van der Waals surface area (Å²) in [5.41, 5.74) is 0.750. The number of para-hydroxylation sites is 1. The van der Waals surface area contributed by atoms with Crippen molar-refractivity contribution < 1.29 is 4.79 Å². The maximum atomic E-state index is 12.3. The molecule has 0 spiro atoms. The lowest BCUT2D eigenvalue weighted by Gasteiger charge is -2.30. The van der Waals surface area contributed by atoms with Gasteiger partial charge in [-0.05, 0) is 30.9 Å². The van der Waals surface area contributed by atoms with E-state index in [9.17, 15) is 4.79 Å². The van der Waals surface area contributed by atoms with Gasteiger partial charge in [-0.3, -0.25) is 4.79 Å². The van der Waals surface area contributed by atoms with Crippen LogP contribution in [0, 0.1) is 5.92 Å². The number of benzene rings is 1. The highest BCUT2D eigenvalue weighted by Crippen LogP contribution is 2.30. The van der Waals surface area contributed by atoms with E-state index in [4.69, 9.17) is 23.2 Å². The van der Waals surface area contributed by atoms with Crippen molar-refractivity contribution in [1.29, 1.82) is 0 Å². The summed E-state index contributed by atoms with van der Waals surface area (Å²) in [5.74, 6) is 0.949. The summed E-state index contributed by atoms with van der Waals surface area (Å²) >= 11 is 12.1. The predicted molar refractivity (Wildman–Crippen MR) is 97.1 cm³/mol. The highest BCUT2D eigenvalue weighted by atomic mass is 35.5. The summed E-state index contributed by atoms with van der Waals surface area (Å²) < 4.78 is 0. The minimum Gasteiger partial charge on any atom is -0.341 e. The van der Waals surface area contributed by atoms with Crippen molar-refractivity contribution in [2.45, 2.75) is 19.8 Å². The first-order valence-corrected chi connectivity index (χ1v) is 8.62. The Morgan fingerprint density at radius 3 is 2.54 bits per heavy atom. The zero-order chi connectivity index (χ0) is 17.1. The van der Waals surface area contributed by atoms with Gasteiger partial charge in [-0.1, -0.05) is 36.2 Å². The highest BCUT2D eigenvalue weighted by molar-refractivity contribution is 6.40. The molecule has 5 nitrogen and oxygen atoms in total. The van der Waals surface area contributed by atoms with Crippen LogP contribution in [0.2, 0.25) is 10.0 Å². The van der Waals surface area contributed by atoms with E-state index in [1.54, 1.807) is 18.2 Å². The third-order valence-electron chi connectivity index (χ3n) is 4.04. The Morgan fingerprint density at radius 2 is 1.92 bits per heavy atom. The minimum atomic E-state index is -0.344. The van der Waals surface area contributed by atoms with E-state index in [0.29, 0.717) is 33.2 Å². The standard InChI is InChI=1S/C17H18Cl2N4O/c1-11-4-3-7-23(10-11)17-20-8-12(9-21-17)16(24)22-15-13(18)5-2-6-14(15)19/h2,5-6,8-9,11H,3-4,7,10H2,1H3,(H,22,24). The van der Waals surface area contributed by atoms with Crippen LogP contribution in [0.3, 0.4) is 0 Å².